The Morgan fingerprint density at radius 2 is 1.88 bits per heavy atom. The molecule has 0 unspecified atom stereocenters. The molecule has 4 aromatic heterocycles. The van der Waals surface area contributed by atoms with E-state index >= 15 is 0 Å². The number of fused-ring (bicyclic) bond motifs is 2. The number of halogens is 1. The second-order valence-electron chi connectivity index (χ2n) is 10.6. The number of H-pyrrole nitrogens is 2. The third-order valence-electron chi connectivity index (χ3n) is 7.88. The number of nitrogens with zero attached hydrogens (tertiary/aromatic N) is 4. The maximum absolute atomic E-state index is 14.3. The lowest BCUT2D eigenvalue weighted by Gasteiger charge is -2.20. The van der Waals surface area contributed by atoms with Crippen molar-refractivity contribution in [3.05, 3.63) is 72.9 Å². The van der Waals surface area contributed by atoms with Gasteiger partial charge in [-0.25, -0.2) is 9.37 Å². The van der Waals surface area contributed by atoms with Gasteiger partial charge in [0.15, 0.2) is 5.82 Å². The van der Waals surface area contributed by atoms with Crippen LogP contribution in [0.1, 0.15) is 32.1 Å². The van der Waals surface area contributed by atoms with Crippen LogP contribution in [0.3, 0.4) is 0 Å². The Hall–Kier alpha value is -5.12. The third kappa shape index (κ3) is 4.85. The highest BCUT2D eigenvalue weighted by Gasteiger charge is 2.22. The molecule has 0 bridgehead atoms. The molecule has 2 aromatic carbocycles. The Kier molecular flexibility index (Phi) is 6.58. The fraction of sp³-hybridized carbons (Fsp3) is 0.219. The van der Waals surface area contributed by atoms with E-state index in [2.05, 4.69) is 30.5 Å². The summed E-state index contributed by atoms with van der Waals surface area (Å²) in [6, 6.07) is 14.1. The zero-order chi connectivity index (χ0) is 28.6. The van der Waals surface area contributed by atoms with Crippen molar-refractivity contribution in [1.82, 2.24) is 30.1 Å². The van der Waals surface area contributed by atoms with E-state index in [1.54, 1.807) is 24.7 Å². The first-order valence-corrected chi connectivity index (χ1v) is 14.0. The quantitative estimate of drug-likeness (QED) is 0.203. The summed E-state index contributed by atoms with van der Waals surface area (Å²) < 4.78 is 19.6. The molecule has 1 fully saturated rings. The van der Waals surface area contributed by atoms with Gasteiger partial charge in [0.2, 0.25) is 5.91 Å². The summed E-state index contributed by atoms with van der Waals surface area (Å²) in [6.07, 6.45) is 10.4. The number of methoxy groups -OCH3 is 1. The fourth-order valence-electron chi connectivity index (χ4n) is 5.73. The second-order valence-corrected chi connectivity index (χ2v) is 10.6. The van der Waals surface area contributed by atoms with Crippen LogP contribution in [0.25, 0.3) is 55.8 Å². The average molecular weight is 562 g/mol. The zero-order valence-corrected chi connectivity index (χ0v) is 22.9. The predicted molar refractivity (Wildman–Crippen MR) is 159 cm³/mol. The van der Waals surface area contributed by atoms with Crippen molar-refractivity contribution < 1.29 is 13.9 Å². The highest BCUT2D eigenvalue weighted by molar-refractivity contribution is 5.98. The number of pyridine rings is 2. The highest BCUT2D eigenvalue weighted by Crippen LogP contribution is 2.34. The summed E-state index contributed by atoms with van der Waals surface area (Å²) in [4.78, 5) is 30.0. The lowest BCUT2D eigenvalue weighted by atomic mass is 9.88. The van der Waals surface area contributed by atoms with Crippen LogP contribution >= 0.6 is 0 Å². The van der Waals surface area contributed by atoms with Crippen molar-refractivity contribution in [3.8, 4) is 39.7 Å². The molecule has 0 spiro atoms. The van der Waals surface area contributed by atoms with Crippen LogP contribution in [0.2, 0.25) is 0 Å². The summed E-state index contributed by atoms with van der Waals surface area (Å²) in [5, 5.41) is 11.4. The van der Waals surface area contributed by atoms with E-state index in [9.17, 15) is 9.18 Å². The SMILES string of the molecule is COc1cc(F)cc(-c2cccc3[nH]c(-c4n[nH]c5cnc(-c6cncc(NC(=O)C7CCCCC7)c6)cc45)nc23)c1. The van der Waals surface area contributed by atoms with Gasteiger partial charge in [-0.2, -0.15) is 5.10 Å². The van der Waals surface area contributed by atoms with Crippen LogP contribution in [0, 0.1) is 11.7 Å². The molecule has 1 saturated carbocycles. The Labute approximate surface area is 240 Å². The monoisotopic (exact) mass is 561 g/mol. The second kappa shape index (κ2) is 10.7. The van der Waals surface area contributed by atoms with Gasteiger partial charge >= 0.3 is 0 Å². The molecule has 9 nitrogen and oxygen atoms in total. The van der Waals surface area contributed by atoms with Crippen molar-refractivity contribution >= 4 is 33.5 Å². The zero-order valence-electron chi connectivity index (χ0n) is 22.9. The van der Waals surface area contributed by atoms with Crippen LogP contribution in [0.15, 0.2) is 67.1 Å². The minimum absolute atomic E-state index is 0.0510. The van der Waals surface area contributed by atoms with Crippen molar-refractivity contribution in [2.24, 2.45) is 5.92 Å². The van der Waals surface area contributed by atoms with Gasteiger partial charge in [-0.1, -0.05) is 31.4 Å². The number of ether oxygens (including phenoxy) is 1. The van der Waals surface area contributed by atoms with Gasteiger partial charge in [-0.05, 0) is 48.7 Å². The molecular formula is C32H28FN7O2. The van der Waals surface area contributed by atoms with E-state index in [-0.39, 0.29) is 17.6 Å². The molecule has 42 heavy (non-hydrogen) atoms. The Morgan fingerprint density at radius 1 is 1.00 bits per heavy atom. The number of amides is 1. The van der Waals surface area contributed by atoms with E-state index in [1.807, 2.05) is 30.3 Å². The molecule has 10 heteroatoms. The number of anilines is 1. The number of carbonyl (C=O) groups is 1. The third-order valence-corrected chi connectivity index (χ3v) is 7.88. The maximum Gasteiger partial charge on any atom is 0.227 e. The van der Waals surface area contributed by atoms with Crippen molar-refractivity contribution in [2.45, 2.75) is 32.1 Å². The number of benzene rings is 2. The van der Waals surface area contributed by atoms with Gasteiger partial charge < -0.3 is 15.0 Å². The molecule has 0 atom stereocenters. The average Bonchev–Trinajstić information content (AvgIpc) is 3.65. The molecule has 6 aromatic rings. The number of hydrogen-bond acceptors (Lipinski definition) is 6. The number of hydrogen-bond donors (Lipinski definition) is 3. The van der Waals surface area contributed by atoms with Crippen LogP contribution in [0.4, 0.5) is 10.1 Å². The molecule has 0 radical (unpaired) electrons. The standard InChI is InChI=1S/C32H28FN7O2/c1-42-23-12-19(10-21(33)13-23)24-8-5-9-26-29(24)38-31(37-26)30-25-14-27(35-17-28(25)39-40-30)20-11-22(16-34-15-20)36-32(41)18-6-3-2-4-7-18/h5,8-18H,2-4,6-7H2,1H3,(H,36,41)(H,37,38)(H,39,40). The van der Waals surface area contributed by atoms with Gasteiger partial charge in [0.25, 0.3) is 0 Å². The first-order valence-electron chi connectivity index (χ1n) is 14.0. The van der Waals surface area contributed by atoms with Gasteiger partial charge in [0.1, 0.15) is 17.3 Å². The molecule has 0 saturated heterocycles. The Balaban J connectivity index is 1.23. The normalized spacial score (nSPS) is 14.0. The number of para-hydroxylation sites is 1. The summed E-state index contributed by atoms with van der Waals surface area (Å²) in [6.45, 7) is 0. The largest absolute Gasteiger partial charge is 0.497 e. The van der Waals surface area contributed by atoms with Crippen LogP contribution in [-0.2, 0) is 4.79 Å². The summed E-state index contributed by atoms with van der Waals surface area (Å²) in [5.41, 5.74) is 6.41. The molecule has 1 aliphatic rings. The lowest BCUT2D eigenvalue weighted by molar-refractivity contribution is -0.120. The van der Waals surface area contributed by atoms with Gasteiger partial charge in [-0.15, -0.1) is 0 Å². The topological polar surface area (TPSA) is 121 Å². The molecule has 7 rings (SSSR count). The Morgan fingerprint density at radius 3 is 2.74 bits per heavy atom. The van der Waals surface area contributed by atoms with Gasteiger partial charge in [0.05, 0.1) is 47.4 Å². The summed E-state index contributed by atoms with van der Waals surface area (Å²) >= 11 is 0. The molecule has 0 aliphatic heterocycles. The lowest BCUT2D eigenvalue weighted by Crippen LogP contribution is -2.24. The molecule has 1 amide bonds. The number of aromatic nitrogens is 6. The Bertz CT molecular complexity index is 1940. The number of rotatable bonds is 6. The minimum atomic E-state index is -0.387. The number of nitrogens with one attached hydrogen (secondary N) is 3. The van der Waals surface area contributed by atoms with Gasteiger partial charge in [-0.3, -0.25) is 19.9 Å². The van der Waals surface area contributed by atoms with Crippen molar-refractivity contribution in [1.29, 1.82) is 0 Å². The number of aromatic amines is 2. The van der Waals surface area contributed by atoms with Crippen LogP contribution in [-0.4, -0.2) is 43.2 Å². The van der Waals surface area contributed by atoms with Crippen molar-refractivity contribution in [2.75, 3.05) is 12.4 Å². The summed E-state index contributed by atoms with van der Waals surface area (Å²) in [7, 11) is 1.51. The molecular weight excluding hydrogens is 533 g/mol. The maximum atomic E-state index is 14.3. The summed E-state index contributed by atoms with van der Waals surface area (Å²) in [5.74, 6) is 0.717. The molecule has 4 heterocycles. The van der Waals surface area contributed by atoms with Crippen molar-refractivity contribution in [3.63, 3.8) is 0 Å². The van der Waals surface area contributed by atoms with E-state index in [4.69, 9.17) is 9.72 Å². The van der Waals surface area contributed by atoms with E-state index in [0.29, 0.717) is 39.7 Å². The van der Waals surface area contributed by atoms with E-state index in [1.165, 1.54) is 25.7 Å². The van der Waals surface area contributed by atoms with Crippen LogP contribution < -0.4 is 10.1 Å². The minimum Gasteiger partial charge on any atom is -0.497 e. The van der Waals surface area contributed by atoms with Gasteiger partial charge in [0, 0.05) is 34.7 Å². The molecule has 210 valence electrons. The molecule has 1 aliphatic carbocycles. The van der Waals surface area contributed by atoms with E-state index in [0.717, 1.165) is 53.2 Å². The highest BCUT2D eigenvalue weighted by atomic mass is 19.1. The van der Waals surface area contributed by atoms with Crippen LogP contribution in [0.5, 0.6) is 5.75 Å². The number of imidazole rings is 1. The first-order chi connectivity index (χ1) is 20.6. The predicted octanol–water partition coefficient (Wildman–Crippen LogP) is 6.90. The molecule has 3 N–H and O–H groups in total. The first kappa shape index (κ1) is 25.8. The smallest absolute Gasteiger partial charge is 0.227 e. The fourth-order valence-corrected chi connectivity index (χ4v) is 5.73. The number of carbonyl (C=O) groups excluding carboxylic acids is 1. The van der Waals surface area contributed by atoms with E-state index < -0.39 is 0 Å².